The minimum atomic E-state index is -0.353. The summed E-state index contributed by atoms with van der Waals surface area (Å²) < 4.78 is 4.84. The quantitative estimate of drug-likeness (QED) is 0.676. The summed E-state index contributed by atoms with van der Waals surface area (Å²) >= 11 is 1.14. The van der Waals surface area contributed by atoms with Crippen LogP contribution in [-0.2, 0) is 14.3 Å². The molecule has 0 spiro atoms. The van der Waals surface area contributed by atoms with E-state index in [2.05, 4.69) is 4.99 Å². The normalized spacial score (nSPS) is 16.1. The fraction of sp³-hybridized carbons (Fsp3) is 0.267. The minimum absolute atomic E-state index is 0.0771. The highest BCUT2D eigenvalue weighted by Crippen LogP contribution is 2.25. The van der Waals surface area contributed by atoms with Gasteiger partial charge in [-0.05, 0) is 19.1 Å². The second-order valence-electron chi connectivity index (χ2n) is 4.44. The molecule has 1 heterocycles. The topological polar surface area (TPSA) is 79.2 Å². The number of amides is 1. The summed E-state index contributed by atoms with van der Waals surface area (Å²) in [6.45, 7) is 2.05. The molecule has 1 amide bonds. The number of likely N-dealkylation sites (N-methyl/N-ethyl adjacent to an activating group) is 1. The van der Waals surface area contributed by atoms with Gasteiger partial charge in [-0.15, -0.1) is 0 Å². The molecule has 1 aliphatic rings. The molecule has 0 saturated heterocycles. The predicted octanol–water partition coefficient (Wildman–Crippen LogP) is 1.86. The Hall–Kier alpha value is -2.28. The molecule has 0 saturated carbocycles. The molecular formula is C15H16N2O4S. The molecule has 0 radical (unpaired) electrons. The van der Waals surface area contributed by atoms with Gasteiger partial charge in [-0.1, -0.05) is 30.0 Å². The number of para-hydroxylation sites is 1. The summed E-state index contributed by atoms with van der Waals surface area (Å²) in [5.41, 5.74) is 0.731. The van der Waals surface area contributed by atoms with Crippen LogP contribution in [0.5, 0.6) is 5.75 Å². The van der Waals surface area contributed by atoms with Gasteiger partial charge in [0.25, 0.3) is 5.91 Å². The van der Waals surface area contributed by atoms with Crippen LogP contribution in [0.3, 0.4) is 0 Å². The Morgan fingerprint density at radius 1 is 1.45 bits per heavy atom. The number of ether oxygens (including phenoxy) is 1. The van der Waals surface area contributed by atoms with Gasteiger partial charge in [0.15, 0.2) is 5.17 Å². The molecule has 1 aromatic carbocycles. The smallest absolute Gasteiger partial charge is 0.316 e. The lowest BCUT2D eigenvalue weighted by molar-refractivity contribution is -0.139. The molecule has 0 unspecified atom stereocenters. The number of phenolic OH excluding ortho intramolecular Hbond substituents is 1. The number of thioether (sulfide) groups is 1. The molecule has 0 fully saturated rings. The first-order chi connectivity index (χ1) is 10.5. The first-order valence-corrected chi connectivity index (χ1v) is 7.66. The van der Waals surface area contributed by atoms with Crippen LogP contribution >= 0.6 is 11.8 Å². The summed E-state index contributed by atoms with van der Waals surface area (Å²) in [6, 6.07) is 6.68. The van der Waals surface area contributed by atoms with Gasteiger partial charge in [0, 0.05) is 12.6 Å². The lowest BCUT2D eigenvalue weighted by Gasteiger charge is -2.10. The Bertz CT molecular complexity index is 655. The number of nitrogens with zero attached hydrogens (tertiary/aromatic N) is 2. The zero-order chi connectivity index (χ0) is 16.1. The van der Waals surface area contributed by atoms with Gasteiger partial charge < -0.3 is 9.84 Å². The van der Waals surface area contributed by atoms with Gasteiger partial charge in [0.2, 0.25) is 0 Å². The highest BCUT2D eigenvalue weighted by Gasteiger charge is 2.28. The maximum Gasteiger partial charge on any atom is 0.316 e. The number of hydrogen-bond donors (Lipinski definition) is 1. The van der Waals surface area contributed by atoms with Gasteiger partial charge in [-0.2, -0.15) is 0 Å². The third-order valence-electron chi connectivity index (χ3n) is 2.88. The number of phenols is 1. The van der Waals surface area contributed by atoms with Crippen molar-refractivity contribution < 1.29 is 19.4 Å². The van der Waals surface area contributed by atoms with E-state index in [4.69, 9.17) is 4.74 Å². The SMILES string of the molecule is CCOC(=O)CSC1=N/C(=C\c2ccccc2O)C(=O)N1C. The lowest BCUT2D eigenvalue weighted by Crippen LogP contribution is -2.26. The van der Waals surface area contributed by atoms with Crippen LogP contribution in [0.1, 0.15) is 12.5 Å². The molecule has 0 atom stereocenters. The van der Waals surface area contributed by atoms with Gasteiger partial charge in [-0.25, -0.2) is 4.99 Å². The van der Waals surface area contributed by atoms with Crippen molar-refractivity contribution >= 4 is 34.9 Å². The molecule has 22 heavy (non-hydrogen) atoms. The van der Waals surface area contributed by atoms with Crippen LogP contribution < -0.4 is 0 Å². The van der Waals surface area contributed by atoms with E-state index in [0.29, 0.717) is 17.3 Å². The molecule has 6 nitrogen and oxygen atoms in total. The molecule has 1 aliphatic heterocycles. The zero-order valence-corrected chi connectivity index (χ0v) is 13.1. The summed E-state index contributed by atoms with van der Waals surface area (Å²) in [7, 11) is 1.59. The van der Waals surface area contributed by atoms with Crippen LogP contribution in [0.2, 0.25) is 0 Å². The number of amidine groups is 1. The minimum Gasteiger partial charge on any atom is -0.507 e. The maximum atomic E-state index is 12.1. The highest BCUT2D eigenvalue weighted by atomic mass is 32.2. The monoisotopic (exact) mass is 320 g/mol. The van der Waals surface area contributed by atoms with Gasteiger partial charge in [-0.3, -0.25) is 14.5 Å². The maximum absolute atomic E-state index is 12.1. The number of aliphatic imine (C=N–C) groups is 1. The fourth-order valence-electron chi connectivity index (χ4n) is 1.79. The largest absolute Gasteiger partial charge is 0.507 e. The number of carbonyl (C=O) groups excluding carboxylic acids is 2. The number of benzene rings is 1. The summed E-state index contributed by atoms with van der Waals surface area (Å²) in [6.07, 6.45) is 1.52. The van der Waals surface area contributed by atoms with E-state index in [1.54, 1.807) is 32.2 Å². The Balaban J connectivity index is 2.15. The Kier molecular flexibility index (Phi) is 5.21. The van der Waals surface area contributed by atoms with Crippen molar-refractivity contribution in [1.29, 1.82) is 0 Å². The number of aromatic hydroxyl groups is 1. The summed E-state index contributed by atoms with van der Waals surface area (Å²) in [5, 5.41) is 10.2. The number of carbonyl (C=O) groups is 2. The van der Waals surface area contributed by atoms with Crippen molar-refractivity contribution in [2.45, 2.75) is 6.92 Å². The van der Waals surface area contributed by atoms with E-state index in [-0.39, 0.29) is 29.1 Å². The first-order valence-electron chi connectivity index (χ1n) is 6.67. The van der Waals surface area contributed by atoms with Crippen LogP contribution in [0.4, 0.5) is 0 Å². The van der Waals surface area contributed by atoms with Crippen molar-refractivity contribution in [2.24, 2.45) is 4.99 Å². The number of rotatable bonds is 4. The fourth-order valence-corrected chi connectivity index (χ4v) is 2.56. The van der Waals surface area contributed by atoms with Crippen LogP contribution in [-0.4, -0.2) is 46.5 Å². The predicted molar refractivity (Wildman–Crippen MR) is 85.4 cm³/mol. The van der Waals surface area contributed by atoms with Crippen molar-refractivity contribution in [3.63, 3.8) is 0 Å². The van der Waals surface area contributed by atoms with E-state index >= 15 is 0 Å². The van der Waals surface area contributed by atoms with Gasteiger partial charge in [0.1, 0.15) is 11.4 Å². The third-order valence-corrected chi connectivity index (χ3v) is 3.88. The van der Waals surface area contributed by atoms with Gasteiger partial charge in [0.05, 0.1) is 12.4 Å². The zero-order valence-electron chi connectivity index (χ0n) is 12.3. The molecular weight excluding hydrogens is 304 g/mol. The first kappa shape index (κ1) is 16.1. The molecule has 1 aromatic rings. The van der Waals surface area contributed by atoms with Crippen LogP contribution in [0.25, 0.3) is 6.08 Å². The molecule has 2 rings (SSSR count). The van der Waals surface area contributed by atoms with E-state index in [9.17, 15) is 14.7 Å². The standard InChI is InChI=1S/C15H16N2O4S/c1-3-21-13(19)9-22-15-16-11(14(20)17(15)2)8-10-6-4-5-7-12(10)18/h4-8,18H,3,9H2,1-2H3/b11-8-. The van der Waals surface area contributed by atoms with Crippen molar-refractivity contribution in [3.05, 3.63) is 35.5 Å². The van der Waals surface area contributed by atoms with E-state index in [1.165, 1.54) is 17.0 Å². The van der Waals surface area contributed by atoms with Crippen molar-refractivity contribution in [1.82, 2.24) is 4.90 Å². The van der Waals surface area contributed by atoms with Crippen molar-refractivity contribution in [3.8, 4) is 5.75 Å². The highest BCUT2D eigenvalue weighted by molar-refractivity contribution is 8.14. The molecule has 0 aliphatic carbocycles. The molecule has 7 heteroatoms. The molecule has 0 bridgehead atoms. The van der Waals surface area contributed by atoms with Crippen molar-refractivity contribution in [2.75, 3.05) is 19.4 Å². The van der Waals surface area contributed by atoms with E-state index < -0.39 is 0 Å². The third kappa shape index (κ3) is 3.67. The average Bonchev–Trinajstić information content (AvgIpc) is 2.76. The second kappa shape index (κ2) is 7.13. The van der Waals surface area contributed by atoms with Crippen LogP contribution in [0.15, 0.2) is 35.0 Å². The molecule has 1 N–H and O–H groups in total. The summed E-state index contributed by atoms with van der Waals surface area (Å²) in [5.74, 6) is -0.467. The lowest BCUT2D eigenvalue weighted by atomic mass is 10.1. The second-order valence-corrected chi connectivity index (χ2v) is 5.38. The Morgan fingerprint density at radius 2 is 2.18 bits per heavy atom. The van der Waals surface area contributed by atoms with Gasteiger partial charge >= 0.3 is 5.97 Å². The van der Waals surface area contributed by atoms with Crippen LogP contribution in [0, 0.1) is 0 Å². The summed E-state index contributed by atoms with van der Waals surface area (Å²) in [4.78, 5) is 29.1. The average molecular weight is 320 g/mol. The van der Waals surface area contributed by atoms with E-state index in [0.717, 1.165) is 11.8 Å². The van der Waals surface area contributed by atoms with E-state index in [1.807, 2.05) is 0 Å². The Labute approximate surface area is 132 Å². The molecule has 0 aromatic heterocycles. The number of esters is 1. The Morgan fingerprint density at radius 3 is 2.86 bits per heavy atom. The number of hydrogen-bond acceptors (Lipinski definition) is 6. The molecule has 116 valence electrons.